The number of amides is 1. The van der Waals surface area contributed by atoms with Crippen LogP contribution in [0.2, 0.25) is 0 Å². The van der Waals surface area contributed by atoms with E-state index in [4.69, 9.17) is 0 Å². The summed E-state index contributed by atoms with van der Waals surface area (Å²) < 4.78 is 1.63. The van der Waals surface area contributed by atoms with Gasteiger partial charge in [0, 0.05) is 19.0 Å². The van der Waals surface area contributed by atoms with Crippen molar-refractivity contribution in [3.8, 4) is 5.69 Å². The minimum atomic E-state index is -0.118. The van der Waals surface area contributed by atoms with E-state index in [-0.39, 0.29) is 11.8 Å². The first-order valence-corrected chi connectivity index (χ1v) is 8.23. The Morgan fingerprint density at radius 3 is 3.04 bits per heavy atom. The number of carbonyl (C=O) groups excluding carboxylic acids is 1. The SMILES string of the molecule is Cc1cccc(-n2cc(C(=O)N3CCC[C@H](c4nn[nH]n4)C3)nn2)c1. The van der Waals surface area contributed by atoms with Gasteiger partial charge in [-0.2, -0.15) is 5.21 Å². The quantitative estimate of drug-likeness (QED) is 0.767. The number of likely N-dealkylation sites (tertiary alicyclic amines) is 1. The minimum absolute atomic E-state index is 0.100. The molecular weight excluding hydrogens is 320 g/mol. The van der Waals surface area contributed by atoms with Crippen molar-refractivity contribution in [2.45, 2.75) is 25.7 Å². The third kappa shape index (κ3) is 3.12. The molecule has 128 valence electrons. The van der Waals surface area contributed by atoms with Crippen LogP contribution in [-0.2, 0) is 0 Å². The number of carbonyl (C=O) groups is 1. The van der Waals surface area contributed by atoms with Crippen molar-refractivity contribution >= 4 is 5.91 Å². The van der Waals surface area contributed by atoms with Crippen LogP contribution in [0.5, 0.6) is 0 Å². The van der Waals surface area contributed by atoms with E-state index in [0.717, 1.165) is 24.1 Å². The molecule has 0 bridgehead atoms. The molecule has 1 fully saturated rings. The number of nitrogens with one attached hydrogen (secondary N) is 1. The van der Waals surface area contributed by atoms with Gasteiger partial charge in [-0.05, 0) is 37.5 Å². The third-order valence-corrected chi connectivity index (χ3v) is 4.41. The fourth-order valence-corrected chi connectivity index (χ4v) is 3.14. The zero-order chi connectivity index (χ0) is 17.2. The summed E-state index contributed by atoms with van der Waals surface area (Å²) in [6, 6.07) is 7.89. The molecular formula is C16H18N8O. The summed E-state index contributed by atoms with van der Waals surface area (Å²) in [7, 11) is 0. The van der Waals surface area contributed by atoms with Crippen LogP contribution in [0.1, 0.15) is 40.6 Å². The van der Waals surface area contributed by atoms with Crippen LogP contribution in [0.25, 0.3) is 5.69 Å². The molecule has 1 amide bonds. The molecule has 1 atom stereocenters. The van der Waals surface area contributed by atoms with Crippen molar-refractivity contribution < 1.29 is 4.79 Å². The van der Waals surface area contributed by atoms with Gasteiger partial charge < -0.3 is 4.90 Å². The Morgan fingerprint density at radius 2 is 2.24 bits per heavy atom. The van der Waals surface area contributed by atoms with Crippen LogP contribution < -0.4 is 0 Å². The predicted octanol–water partition coefficient (Wildman–Crippen LogP) is 1.11. The number of hydrogen-bond donors (Lipinski definition) is 1. The third-order valence-electron chi connectivity index (χ3n) is 4.41. The minimum Gasteiger partial charge on any atom is -0.336 e. The molecule has 1 aliphatic rings. The lowest BCUT2D eigenvalue weighted by molar-refractivity contribution is 0.0698. The number of aromatic nitrogens is 7. The Kier molecular flexibility index (Phi) is 3.96. The Bertz CT molecular complexity index is 872. The van der Waals surface area contributed by atoms with Crippen LogP contribution in [0.3, 0.4) is 0 Å². The van der Waals surface area contributed by atoms with Gasteiger partial charge in [0.05, 0.1) is 11.9 Å². The van der Waals surface area contributed by atoms with Gasteiger partial charge >= 0.3 is 0 Å². The first-order valence-electron chi connectivity index (χ1n) is 8.23. The molecule has 9 nitrogen and oxygen atoms in total. The number of rotatable bonds is 3. The maximum Gasteiger partial charge on any atom is 0.276 e. The van der Waals surface area contributed by atoms with Gasteiger partial charge in [-0.25, -0.2) is 4.68 Å². The molecule has 0 spiro atoms. The molecule has 0 radical (unpaired) electrons. The van der Waals surface area contributed by atoms with Crippen LogP contribution in [0.4, 0.5) is 0 Å². The number of benzene rings is 1. The Labute approximate surface area is 144 Å². The predicted molar refractivity (Wildman–Crippen MR) is 88.2 cm³/mol. The van der Waals surface area contributed by atoms with E-state index in [1.54, 1.807) is 15.8 Å². The van der Waals surface area contributed by atoms with E-state index in [9.17, 15) is 4.79 Å². The molecule has 0 aliphatic carbocycles. The molecule has 1 N–H and O–H groups in total. The molecule has 2 aromatic heterocycles. The van der Waals surface area contributed by atoms with Crippen LogP contribution in [0, 0.1) is 6.92 Å². The van der Waals surface area contributed by atoms with E-state index in [1.807, 2.05) is 31.2 Å². The summed E-state index contributed by atoms with van der Waals surface area (Å²) in [5.41, 5.74) is 2.35. The van der Waals surface area contributed by atoms with Gasteiger partial charge in [0.25, 0.3) is 5.91 Å². The smallest absolute Gasteiger partial charge is 0.276 e. The lowest BCUT2D eigenvalue weighted by Gasteiger charge is -2.30. The van der Waals surface area contributed by atoms with Gasteiger partial charge in [-0.1, -0.05) is 22.6 Å². The molecule has 25 heavy (non-hydrogen) atoms. The Morgan fingerprint density at radius 1 is 1.32 bits per heavy atom. The largest absolute Gasteiger partial charge is 0.336 e. The standard InChI is InChI=1S/C16H18N8O/c1-11-4-2-6-13(8-11)24-10-14(17-22-24)16(25)23-7-3-5-12(9-23)15-18-20-21-19-15/h2,4,6,8,10,12H,3,5,7,9H2,1H3,(H,18,19,20,21)/t12-/m0/s1. The Balaban J connectivity index is 1.51. The number of tetrazole rings is 1. The molecule has 0 saturated carbocycles. The molecule has 9 heteroatoms. The highest BCUT2D eigenvalue weighted by molar-refractivity contribution is 5.92. The average molecular weight is 338 g/mol. The molecule has 3 aromatic rings. The van der Waals surface area contributed by atoms with Crippen molar-refractivity contribution in [3.63, 3.8) is 0 Å². The van der Waals surface area contributed by atoms with Gasteiger partial charge in [0.1, 0.15) is 0 Å². The van der Waals surface area contributed by atoms with Gasteiger partial charge in [0.15, 0.2) is 11.5 Å². The summed E-state index contributed by atoms with van der Waals surface area (Å²) in [5.74, 6) is 0.635. The van der Waals surface area contributed by atoms with E-state index >= 15 is 0 Å². The normalized spacial score (nSPS) is 17.6. The first-order chi connectivity index (χ1) is 12.2. The van der Waals surface area contributed by atoms with Gasteiger partial charge in [0.2, 0.25) is 0 Å². The highest BCUT2D eigenvalue weighted by Gasteiger charge is 2.29. The second-order valence-electron chi connectivity index (χ2n) is 6.25. The maximum atomic E-state index is 12.8. The van der Waals surface area contributed by atoms with Crippen molar-refractivity contribution in [1.29, 1.82) is 0 Å². The second kappa shape index (κ2) is 6.42. The maximum absolute atomic E-state index is 12.8. The zero-order valence-corrected chi connectivity index (χ0v) is 13.8. The average Bonchev–Trinajstić information content (AvgIpc) is 3.33. The lowest BCUT2D eigenvalue weighted by atomic mass is 9.97. The fraction of sp³-hybridized carbons (Fsp3) is 0.375. The summed E-state index contributed by atoms with van der Waals surface area (Å²) in [6.45, 7) is 3.28. The summed E-state index contributed by atoms with van der Waals surface area (Å²) in [5, 5.41) is 22.3. The summed E-state index contributed by atoms with van der Waals surface area (Å²) in [6.07, 6.45) is 3.52. The lowest BCUT2D eigenvalue weighted by Crippen LogP contribution is -2.39. The molecule has 1 saturated heterocycles. The summed E-state index contributed by atoms with van der Waals surface area (Å²) in [4.78, 5) is 14.6. The molecule has 0 unspecified atom stereocenters. The molecule has 3 heterocycles. The van der Waals surface area contributed by atoms with Crippen molar-refractivity contribution in [2.75, 3.05) is 13.1 Å². The number of nitrogens with zero attached hydrogens (tertiary/aromatic N) is 7. The Hall–Kier alpha value is -3.10. The zero-order valence-electron chi connectivity index (χ0n) is 13.8. The number of aryl methyl sites for hydroxylation is 1. The van der Waals surface area contributed by atoms with E-state index in [1.165, 1.54) is 0 Å². The highest BCUT2D eigenvalue weighted by atomic mass is 16.2. The number of H-pyrrole nitrogens is 1. The van der Waals surface area contributed by atoms with Crippen molar-refractivity contribution in [1.82, 2.24) is 40.5 Å². The molecule has 1 aliphatic heterocycles. The van der Waals surface area contributed by atoms with Crippen LogP contribution in [-0.4, -0.2) is 59.5 Å². The van der Waals surface area contributed by atoms with Crippen molar-refractivity contribution in [2.24, 2.45) is 0 Å². The number of aromatic amines is 1. The van der Waals surface area contributed by atoms with E-state index in [2.05, 4.69) is 30.9 Å². The van der Waals surface area contributed by atoms with Crippen LogP contribution >= 0.6 is 0 Å². The van der Waals surface area contributed by atoms with Crippen LogP contribution in [0.15, 0.2) is 30.5 Å². The number of piperidine rings is 1. The van der Waals surface area contributed by atoms with Gasteiger partial charge in [-0.15, -0.1) is 15.3 Å². The topological polar surface area (TPSA) is 105 Å². The fourth-order valence-electron chi connectivity index (χ4n) is 3.14. The second-order valence-corrected chi connectivity index (χ2v) is 6.25. The number of hydrogen-bond acceptors (Lipinski definition) is 6. The monoisotopic (exact) mass is 338 g/mol. The molecule has 4 rings (SSSR count). The summed E-state index contributed by atoms with van der Waals surface area (Å²) >= 11 is 0. The van der Waals surface area contributed by atoms with Crippen molar-refractivity contribution in [3.05, 3.63) is 47.5 Å². The van der Waals surface area contributed by atoms with E-state index in [0.29, 0.717) is 24.6 Å². The molecule has 1 aromatic carbocycles. The van der Waals surface area contributed by atoms with E-state index < -0.39 is 0 Å². The van der Waals surface area contributed by atoms with Gasteiger partial charge in [-0.3, -0.25) is 4.79 Å². The first kappa shape index (κ1) is 15.4. The highest BCUT2D eigenvalue weighted by Crippen LogP contribution is 2.24.